The molecule has 1 aromatic heterocycles. The number of nitrogens with one attached hydrogen (secondary N) is 1. The van der Waals surface area contributed by atoms with Crippen molar-refractivity contribution in [1.29, 1.82) is 0 Å². The Morgan fingerprint density at radius 2 is 2.00 bits per heavy atom. The molecule has 1 N–H and O–H groups in total. The number of aromatic nitrogens is 1. The molecule has 0 aliphatic rings. The highest BCUT2D eigenvalue weighted by Gasteiger charge is 2.14. The number of ether oxygens (including phenoxy) is 1. The Morgan fingerprint density at radius 3 is 2.55 bits per heavy atom. The molecule has 2 rings (SSSR count). The number of rotatable bonds is 5. The van der Waals surface area contributed by atoms with Crippen LogP contribution in [0.5, 0.6) is 0 Å². The molecule has 0 saturated carbocycles. The summed E-state index contributed by atoms with van der Waals surface area (Å²) in [5.41, 5.74) is 1.88. The Morgan fingerprint density at radius 1 is 1.32 bits per heavy atom. The number of hydrogen-bond acceptors (Lipinski definition) is 5. The monoisotopic (exact) mass is 302 g/mol. The molecule has 0 bridgehead atoms. The number of amides is 1. The number of hydrogen-bond donors (Lipinski definition) is 1. The third-order valence-electron chi connectivity index (χ3n) is 3.22. The van der Waals surface area contributed by atoms with Crippen molar-refractivity contribution in [3.63, 3.8) is 0 Å². The highest BCUT2D eigenvalue weighted by Crippen LogP contribution is 2.15. The number of esters is 1. The van der Waals surface area contributed by atoms with Gasteiger partial charge in [0.2, 0.25) is 0 Å². The number of aryl methyl sites for hydroxylation is 1. The van der Waals surface area contributed by atoms with E-state index >= 15 is 0 Å². The van der Waals surface area contributed by atoms with Crippen molar-refractivity contribution in [3.8, 4) is 0 Å². The fraction of sp³-hybridized carbons (Fsp3) is 0.312. The summed E-state index contributed by atoms with van der Waals surface area (Å²) in [5.74, 6) is -0.188. The molecule has 1 atom stereocenters. The maximum Gasteiger partial charge on any atom is 0.308 e. The summed E-state index contributed by atoms with van der Waals surface area (Å²) in [6.45, 7) is 3.54. The number of anilines is 1. The number of carbonyl (C=O) groups excluding carboxylic acids is 2. The predicted molar refractivity (Wildman–Crippen MR) is 80.5 cm³/mol. The van der Waals surface area contributed by atoms with Crippen molar-refractivity contribution in [3.05, 3.63) is 47.3 Å². The zero-order chi connectivity index (χ0) is 16.1. The second-order valence-corrected chi connectivity index (χ2v) is 5.10. The summed E-state index contributed by atoms with van der Waals surface area (Å²) in [5, 5.41) is 6.39. The van der Waals surface area contributed by atoms with Crippen molar-refractivity contribution < 1.29 is 18.8 Å². The zero-order valence-electron chi connectivity index (χ0n) is 12.8. The van der Waals surface area contributed by atoms with Crippen LogP contribution in [0.1, 0.15) is 28.7 Å². The van der Waals surface area contributed by atoms with E-state index < -0.39 is 0 Å². The van der Waals surface area contributed by atoms with Crippen molar-refractivity contribution in [2.24, 2.45) is 5.92 Å². The predicted octanol–water partition coefficient (Wildman–Crippen LogP) is 2.59. The van der Waals surface area contributed by atoms with Crippen LogP contribution in [0.25, 0.3) is 0 Å². The zero-order valence-corrected chi connectivity index (χ0v) is 12.8. The van der Waals surface area contributed by atoms with Crippen LogP contribution < -0.4 is 5.32 Å². The molecular formula is C16H18N2O4. The van der Waals surface area contributed by atoms with E-state index in [-0.39, 0.29) is 23.5 Å². The first kappa shape index (κ1) is 15.8. The topological polar surface area (TPSA) is 81.4 Å². The van der Waals surface area contributed by atoms with Gasteiger partial charge in [-0.3, -0.25) is 9.59 Å². The van der Waals surface area contributed by atoms with Crippen molar-refractivity contribution >= 4 is 17.6 Å². The van der Waals surface area contributed by atoms with Gasteiger partial charge in [-0.15, -0.1) is 0 Å². The fourth-order valence-corrected chi connectivity index (χ4v) is 2.03. The Balaban J connectivity index is 1.97. The standard InChI is InChI=1S/C16H18N2O4/c1-10(16(20)21-3)8-12-4-6-13(7-5-12)17-15(19)14-9-11(2)22-18-14/h4-7,9-10H,8H2,1-3H3,(H,17,19). The van der Waals surface area contributed by atoms with Crippen molar-refractivity contribution in [1.82, 2.24) is 5.16 Å². The van der Waals surface area contributed by atoms with Gasteiger partial charge in [0.15, 0.2) is 5.69 Å². The third kappa shape index (κ3) is 3.94. The molecule has 1 amide bonds. The van der Waals surface area contributed by atoms with Crippen LogP contribution in [0.3, 0.4) is 0 Å². The Bertz CT molecular complexity index is 661. The molecular weight excluding hydrogens is 284 g/mol. The lowest BCUT2D eigenvalue weighted by molar-refractivity contribution is -0.144. The number of nitrogens with zero attached hydrogens (tertiary/aromatic N) is 1. The molecule has 1 heterocycles. The smallest absolute Gasteiger partial charge is 0.308 e. The van der Waals surface area contributed by atoms with Crippen LogP contribution >= 0.6 is 0 Å². The second kappa shape index (κ2) is 6.89. The van der Waals surface area contributed by atoms with Gasteiger partial charge >= 0.3 is 5.97 Å². The molecule has 1 unspecified atom stereocenters. The van der Waals surface area contributed by atoms with Gasteiger partial charge in [-0.2, -0.15) is 0 Å². The van der Waals surface area contributed by atoms with E-state index in [2.05, 4.69) is 10.5 Å². The highest BCUT2D eigenvalue weighted by atomic mass is 16.5. The lowest BCUT2D eigenvalue weighted by Crippen LogP contribution is -2.15. The molecule has 0 aliphatic carbocycles. The molecule has 22 heavy (non-hydrogen) atoms. The lowest BCUT2D eigenvalue weighted by atomic mass is 10.0. The van der Waals surface area contributed by atoms with Crippen LogP contribution in [0.4, 0.5) is 5.69 Å². The molecule has 2 aromatic rings. The number of benzene rings is 1. The van der Waals surface area contributed by atoms with E-state index in [9.17, 15) is 9.59 Å². The molecule has 1 aromatic carbocycles. The van der Waals surface area contributed by atoms with E-state index in [0.717, 1.165) is 5.56 Å². The van der Waals surface area contributed by atoms with E-state index in [0.29, 0.717) is 17.9 Å². The lowest BCUT2D eigenvalue weighted by Gasteiger charge is -2.09. The summed E-state index contributed by atoms with van der Waals surface area (Å²) in [4.78, 5) is 23.3. The summed E-state index contributed by atoms with van der Waals surface area (Å²) >= 11 is 0. The van der Waals surface area contributed by atoms with Gasteiger partial charge in [0.25, 0.3) is 5.91 Å². The van der Waals surface area contributed by atoms with Gasteiger partial charge in [0, 0.05) is 11.8 Å². The van der Waals surface area contributed by atoms with Gasteiger partial charge in [-0.05, 0) is 31.0 Å². The molecule has 116 valence electrons. The molecule has 0 aliphatic heterocycles. The Labute approximate surface area is 128 Å². The van der Waals surface area contributed by atoms with E-state index in [1.807, 2.05) is 19.1 Å². The largest absolute Gasteiger partial charge is 0.469 e. The van der Waals surface area contributed by atoms with Crippen molar-refractivity contribution in [2.45, 2.75) is 20.3 Å². The normalized spacial score (nSPS) is 11.8. The van der Waals surface area contributed by atoms with E-state index in [1.165, 1.54) is 7.11 Å². The van der Waals surface area contributed by atoms with Crippen LogP contribution in [0.15, 0.2) is 34.9 Å². The van der Waals surface area contributed by atoms with Crippen molar-refractivity contribution in [2.75, 3.05) is 12.4 Å². The number of carbonyl (C=O) groups is 2. The summed E-state index contributed by atoms with van der Waals surface area (Å²) in [7, 11) is 1.38. The molecule has 0 fully saturated rings. The quantitative estimate of drug-likeness (QED) is 0.858. The minimum absolute atomic E-state index is 0.205. The maximum atomic E-state index is 11.9. The minimum Gasteiger partial charge on any atom is -0.469 e. The average Bonchev–Trinajstić information content (AvgIpc) is 2.95. The van der Waals surface area contributed by atoms with Gasteiger partial charge in [0.05, 0.1) is 13.0 Å². The Hall–Kier alpha value is -2.63. The van der Waals surface area contributed by atoms with Crippen LogP contribution in [-0.4, -0.2) is 24.1 Å². The third-order valence-corrected chi connectivity index (χ3v) is 3.22. The summed E-state index contributed by atoms with van der Waals surface area (Å²) < 4.78 is 9.56. The van der Waals surface area contributed by atoms with Crippen LogP contribution in [0, 0.1) is 12.8 Å². The maximum absolute atomic E-state index is 11.9. The molecule has 0 radical (unpaired) electrons. The first-order valence-electron chi connectivity index (χ1n) is 6.91. The second-order valence-electron chi connectivity index (χ2n) is 5.10. The van der Waals surface area contributed by atoms with E-state index in [4.69, 9.17) is 9.26 Å². The fourth-order valence-electron chi connectivity index (χ4n) is 2.03. The Kier molecular flexibility index (Phi) is 4.93. The average molecular weight is 302 g/mol. The molecule has 0 spiro atoms. The van der Waals surface area contributed by atoms with E-state index in [1.54, 1.807) is 25.1 Å². The minimum atomic E-state index is -0.326. The summed E-state index contributed by atoms with van der Waals surface area (Å²) in [6.07, 6.45) is 0.587. The molecule has 6 nitrogen and oxygen atoms in total. The first-order chi connectivity index (χ1) is 10.5. The van der Waals surface area contributed by atoms with Crippen LogP contribution in [-0.2, 0) is 16.0 Å². The van der Waals surface area contributed by atoms with Gasteiger partial charge < -0.3 is 14.6 Å². The summed E-state index contributed by atoms with van der Waals surface area (Å²) in [6, 6.07) is 8.86. The molecule has 0 saturated heterocycles. The van der Waals surface area contributed by atoms with Gasteiger partial charge in [-0.1, -0.05) is 24.2 Å². The van der Waals surface area contributed by atoms with Crippen LogP contribution in [0.2, 0.25) is 0 Å². The van der Waals surface area contributed by atoms with Gasteiger partial charge in [0.1, 0.15) is 5.76 Å². The SMILES string of the molecule is COC(=O)C(C)Cc1ccc(NC(=O)c2cc(C)on2)cc1. The number of methoxy groups -OCH3 is 1. The first-order valence-corrected chi connectivity index (χ1v) is 6.91. The molecule has 6 heteroatoms. The van der Waals surface area contributed by atoms with Gasteiger partial charge in [-0.25, -0.2) is 0 Å². The highest BCUT2D eigenvalue weighted by molar-refractivity contribution is 6.02.